The van der Waals surface area contributed by atoms with Gasteiger partial charge < -0.3 is 26.0 Å². The van der Waals surface area contributed by atoms with Crippen molar-refractivity contribution in [3.05, 3.63) is 38.9 Å². The molecule has 0 saturated heterocycles. The lowest BCUT2D eigenvalue weighted by molar-refractivity contribution is -0.136. The molecule has 0 radical (unpaired) electrons. The Kier molecular flexibility index (Phi) is 9.14. The first-order valence-electron chi connectivity index (χ1n) is 9.15. The maximum Gasteiger partial charge on any atom is 0.314 e. The van der Waals surface area contributed by atoms with Crippen LogP contribution in [0.2, 0.25) is 5.02 Å². The van der Waals surface area contributed by atoms with E-state index in [1.165, 1.54) is 29.7 Å². The summed E-state index contributed by atoms with van der Waals surface area (Å²) < 4.78 is 0. The fourth-order valence-electron chi connectivity index (χ4n) is 2.75. The number of nitrogens with zero attached hydrogens (tertiary/aromatic N) is 3. The molecule has 3 rings (SSSR count). The molecule has 2 aromatic rings. The molecule has 31 heavy (non-hydrogen) atoms. The van der Waals surface area contributed by atoms with Gasteiger partial charge in [-0.25, -0.2) is 9.97 Å². The molecule has 0 unspecified atom stereocenters. The van der Waals surface area contributed by atoms with E-state index in [-0.39, 0.29) is 24.8 Å². The van der Waals surface area contributed by atoms with Gasteiger partial charge in [0.2, 0.25) is 0 Å². The zero-order chi connectivity index (χ0) is 21.7. The van der Waals surface area contributed by atoms with Crippen LogP contribution in [-0.4, -0.2) is 70.5 Å². The molecule has 0 spiro atoms. The summed E-state index contributed by atoms with van der Waals surface area (Å²) in [4.78, 5) is 47.8. The molecule has 0 aromatic carbocycles. The van der Waals surface area contributed by atoms with E-state index >= 15 is 0 Å². The summed E-state index contributed by atoms with van der Waals surface area (Å²) in [5.41, 5.74) is 0.921. The van der Waals surface area contributed by atoms with Crippen LogP contribution in [0, 0.1) is 0 Å². The van der Waals surface area contributed by atoms with E-state index in [0.29, 0.717) is 10.0 Å². The van der Waals surface area contributed by atoms with Crippen molar-refractivity contribution < 1.29 is 19.5 Å². The van der Waals surface area contributed by atoms with Gasteiger partial charge in [-0.1, -0.05) is 11.6 Å². The second-order valence-electron chi connectivity index (χ2n) is 6.76. The van der Waals surface area contributed by atoms with Crippen LogP contribution in [0.1, 0.15) is 20.4 Å². The van der Waals surface area contributed by atoms with Crippen molar-refractivity contribution in [1.29, 1.82) is 0 Å². The Morgan fingerprint density at radius 1 is 1.32 bits per heavy atom. The van der Waals surface area contributed by atoms with Crippen molar-refractivity contribution in [3.63, 3.8) is 0 Å². The van der Waals surface area contributed by atoms with Crippen LogP contribution in [0.15, 0.2) is 18.3 Å². The Hall–Kier alpha value is -2.31. The molecule has 13 heteroatoms. The number of likely N-dealkylation sites (N-methyl/N-ethyl adjacent to an activating group) is 1. The first-order valence-corrected chi connectivity index (χ1v) is 10.3. The number of carbonyl (C=O) groups is 3. The fraction of sp³-hybridized carbons (Fsp3) is 0.389. The van der Waals surface area contributed by atoms with E-state index in [4.69, 9.17) is 11.6 Å². The highest BCUT2D eigenvalue weighted by Crippen LogP contribution is 2.24. The van der Waals surface area contributed by atoms with Crippen LogP contribution >= 0.6 is 35.3 Å². The third-order valence-electron chi connectivity index (χ3n) is 4.36. The minimum Gasteiger partial charge on any atom is -0.394 e. The van der Waals surface area contributed by atoms with Gasteiger partial charge in [0, 0.05) is 37.1 Å². The number of hydrogen-bond donors (Lipinski definition) is 4. The summed E-state index contributed by atoms with van der Waals surface area (Å²) in [6, 6.07) is 2.20. The monoisotopic (exact) mass is 488 g/mol. The number of fused-ring (bicyclic) bond motifs is 1. The lowest BCUT2D eigenvalue weighted by Crippen LogP contribution is -2.48. The molecule has 0 aliphatic carbocycles. The van der Waals surface area contributed by atoms with Crippen molar-refractivity contribution in [2.75, 3.05) is 32.1 Å². The normalized spacial score (nSPS) is 14.0. The van der Waals surface area contributed by atoms with E-state index < -0.39 is 30.4 Å². The summed E-state index contributed by atoms with van der Waals surface area (Å²) in [7, 11) is 2.01. The van der Waals surface area contributed by atoms with Crippen molar-refractivity contribution in [3.8, 4) is 0 Å². The topological polar surface area (TPSA) is 137 Å². The Balaban J connectivity index is 0.00000341. The van der Waals surface area contributed by atoms with Crippen molar-refractivity contribution in [2.24, 2.45) is 0 Å². The molecule has 3 heterocycles. The van der Waals surface area contributed by atoms with Crippen LogP contribution in [0.25, 0.3) is 0 Å². The molecule has 1 atom stereocenters. The highest BCUT2D eigenvalue weighted by molar-refractivity contribution is 7.13. The Morgan fingerprint density at radius 2 is 2.10 bits per heavy atom. The van der Waals surface area contributed by atoms with Crippen molar-refractivity contribution >= 4 is 58.9 Å². The number of aliphatic hydroxyl groups excluding tert-OH is 1. The van der Waals surface area contributed by atoms with E-state index in [0.717, 1.165) is 30.1 Å². The summed E-state index contributed by atoms with van der Waals surface area (Å²) in [5, 5.41) is 17.6. The summed E-state index contributed by atoms with van der Waals surface area (Å²) in [5.74, 6) is -2.11. The first-order chi connectivity index (χ1) is 14.4. The number of halogens is 2. The fourth-order valence-corrected chi connectivity index (χ4v) is 3.95. The van der Waals surface area contributed by atoms with E-state index in [1.807, 2.05) is 7.05 Å². The van der Waals surface area contributed by atoms with Crippen LogP contribution in [0.4, 0.5) is 5.82 Å². The van der Waals surface area contributed by atoms with Crippen LogP contribution in [-0.2, 0) is 22.6 Å². The lowest BCUT2D eigenvalue weighted by Gasteiger charge is -2.20. The predicted octanol–water partition coefficient (Wildman–Crippen LogP) is 0.447. The maximum absolute atomic E-state index is 12.5. The molecule has 0 fully saturated rings. The Morgan fingerprint density at radius 3 is 2.77 bits per heavy atom. The van der Waals surface area contributed by atoms with Crippen LogP contribution in [0.5, 0.6) is 0 Å². The predicted molar refractivity (Wildman–Crippen MR) is 119 cm³/mol. The zero-order valence-corrected chi connectivity index (χ0v) is 18.9. The number of anilines is 1. The number of aliphatic hydroxyl groups is 1. The van der Waals surface area contributed by atoms with Gasteiger partial charge >= 0.3 is 11.8 Å². The summed E-state index contributed by atoms with van der Waals surface area (Å²) in [6.07, 6.45) is 2.12. The number of thiazole rings is 1. The minimum atomic E-state index is -0.926. The number of carbonyl (C=O) groups excluding carboxylic acids is 3. The van der Waals surface area contributed by atoms with E-state index in [9.17, 15) is 19.5 Å². The van der Waals surface area contributed by atoms with Gasteiger partial charge in [0.05, 0.1) is 23.4 Å². The van der Waals surface area contributed by atoms with Gasteiger partial charge in [-0.15, -0.1) is 23.7 Å². The second-order valence-corrected chi connectivity index (χ2v) is 8.28. The van der Waals surface area contributed by atoms with Crippen molar-refractivity contribution in [2.45, 2.75) is 19.0 Å². The zero-order valence-electron chi connectivity index (χ0n) is 16.6. The van der Waals surface area contributed by atoms with Crippen molar-refractivity contribution in [1.82, 2.24) is 25.5 Å². The van der Waals surface area contributed by atoms with Crippen LogP contribution in [0.3, 0.4) is 0 Å². The number of pyridine rings is 1. The molecule has 1 aliphatic rings. The van der Waals surface area contributed by atoms with Gasteiger partial charge in [-0.3, -0.25) is 14.4 Å². The van der Waals surface area contributed by atoms with Crippen LogP contribution < -0.4 is 16.0 Å². The number of hydrogen-bond acceptors (Lipinski definition) is 8. The van der Waals surface area contributed by atoms with E-state index in [2.05, 4.69) is 30.8 Å². The molecule has 168 valence electrons. The average Bonchev–Trinajstić information content (AvgIpc) is 3.15. The first kappa shape index (κ1) is 25.0. The largest absolute Gasteiger partial charge is 0.394 e. The van der Waals surface area contributed by atoms with Gasteiger partial charge in [0.25, 0.3) is 5.91 Å². The van der Waals surface area contributed by atoms with E-state index in [1.54, 1.807) is 0 Å². The number of amides is 3. The highest BCUT2D eigenvalue weighted by atomic mass is 35.5. The Bertz CT molecular complexity index is 940. The average molecular weight is 489 g/mol. The number of aromatic nitrogens is 2. The minimum absolute atomic E-state index is 0. The molecule has 2 aromatic heterocycles. The highest BCUT2D eigenvalue weighted by Gasteiger charge is 2.23. The number of rotatable bonds is 6. The molecule has 4 N–H and O–H groups in total. The third kappa shape index (κ3) is 6.84. The molecular weight excluding hydrogens is 467 g/mol. The van der Waals surface area contributed by atoms with Gasteiger partial charge in [0.15, 0.2) is 5.01 Å². The summed E-state index contributed by atoms with van der Waals surface area (Å²) in [6.45, 7) is 1.09. The SMILES string of the molecule is CN1CCc2nc(C(=O)N[C@H](CO)CNC(=O)C(=O)Nc3ccc(Cl)cn3)sc2C1.Cl. The quantitative estimate of drug-likeness (QED) is 0.433. The number of nitrogens with one attached hydrogen (secondary N) is 3. The molecular formula is C18H22Cl2N6O4S. The molecule has 0 bridgehead atoms. The second kappa shape index (κ2) is 11.3. The summed E-state index contributed by atoms with van der Waals surface area (Å²) >= 11 is 7.03. The lowest BCUT2D eigenvalue weighted by atomic mass is 10.2. The molecule has 10 nitrogen and oxygen atoms in total. The molecule has 3 amide bonds. The Labute approximate surface area is 193 Å². The smallest absolute Gasteiger partial charge is 0.314 e. The molecule has 0 saturated carbocycles. The van der Waals surface area contributed by atoms with Gasteiger partial charge in [0.1, 0.15) is 5.82 Å². The van der Waals surface area contributed by atoms with Gasteiger partial charge in [-0.05, 0) is 19.2 Å². The molecule has 1 aliphatic heterocycles. The van der Waals surface area contributed by atoms with Gasteiger partial charge in [-0.2, -0.15) is 0 Å². The maximum atomic E-state index is 12.5. The standard InChI is InChI=1S/C18H21ClN6O4S.ClH/c1-25-5-4-12-13(8-25)30-18(23-12)17(29)22-11(9-26)7-21-15(27)16(28)24-14-3-2-10(19)6-20-14;/h2-3,6,11,26H,4-5,7-9H2,1H3,(H,21,27)(H,22,29)(H,20,24,28);1H/t11-;/m0./s1. The third-order valence-corrected chi connectivity index (χ3v) is 5.66.